The third-order valence-electron chi connectivity index (χ3n) is 3.38. The molecule has 0 atom stereocenters. The van der Waals surface area contributed by atoms with Crippen molar-refractivity contribution in [1.82, 2.24) is 9.47 Å². The third kappa shape index (κ3) is 2.55. The highest BCUT2D eigenvalue weighted by Gasteiger charge is 2.20. The van der Waals surface area contributed by atoms with Gasteiger partial charge in [0.25, 0.3) is 0 Å². The average Bonchev–Trinajstić information content (AvgIpc) is 2.71. The zero-order chi connectivity index (χ0) is 13.1. The smallest absolute Gasteiger partial charge is 0.352 e. The van der Waals surface area contributed by atoms with E-state index in [1.165, 1.54) is 11.0 Å². The zero-order valence-electron chi connectivity index (χ0n) is 10.6. The van der Waals surface area contributed by atoms with E-state index in [1.807, 2.05) is 4.90 Å². The zero-order valence-corrected chi connectivity index (χ0v) is 10.6. The summed E-state index contributed by atoms with van der Waals surface area (Å²) < 4.78 is 1.52. The normalized spacial score (nSPS) is 15.7. The van der Waals surface area contributed by atoms with Gasteiger partial charge in [0, 0.05) is 19.3 Å². The van der Waals surface area contributed by atoms with Crippen molar-refractivity contribution in [2.75, 3.05) is 13.1 Å². The van der Waals surface area contributed by atoms with Crippen molar-refractivity contribution in [2.45, 2.75) is 32.7 Å². The molecule has 1 amide bonds. The van der Waals surface area contributed by atoms with E-state index in [2.05, 4.69) is 0 Å². The van der Waals surface area contributed by atoms with E-state index in [9.17, 15) is 9.59 Å². The van der Waals surface area contributed by atoms with Gasteiger partial charge in [0.15, 0.2) is 0 Å². The van der Waals surface area contributed by atoms with Gasteiger partial charge in [-0.1, -0.05) is 0 Å². The first-order valence-corrected chi connectivity index (χ1v) is 6.26. The number of amides is 1. The number of piperidine rings is 1. The number of carbonyl (C=O) groups excluding carboxylic acids is 1. The number of rotatable bonds is 3. The number of hydrogen-bond acceptors (Lipinski definition) is 2. The average molecular weight is 250 g/mol. The van der Waals surface area contributed by atoms with Crippen LogP contribution >= 0.6 is 0 Å². The van der Waals surface area contributed by atoms with Gasteiger partial charge in [-0.2, -0.15) is 0 Å². The molecule has 0 saturated carbocycles. The molecular formula is C13H18N2O3. The summed E-state index contributed by atoms with van der Waals surface area (Å²) in [6.07, 6.45) is 4.93. The van der Waals surface area contributed by atoms with Gasteiger partial charge < -0.3 is 14.6 Å². The van der Waals surface area contributed by atoms with E-state index in [0.717, 1.165) is 25.9 Å². The topological polar surface area (TPSA) is 62.5 Å². The molecule has 0 radical (unpaired) electrons. The summed E-state index contributed by atoms with van der Waals surface area (Å²) in [4.78, 5) is 25.0. The number of aromatic nitrogens is 1. The summed E-state index contributed by atoms with van der Waals surface area (Å²) in [5.41, 5.74) is 0.898. The van der Waals surface area contributed by atoms with Crippen molar-refractivity contribution < 1.29 is 14.7 Å². The minimum absolute atomic E-state index is 0.00722. The van der Waals surface area contributed by atoms with Crippen molar-refractivity contribution in [1.29, 1.82) is 0 Å². The molecule has 1 saturated heterocycles. The van der Waals surface area contributed by atoms with Crippen molar-refractivity contribution in [3.05, 3.63) is 23.5 Å². The monoisotopic (exact) mass is 250 g/mol. The van der Waals surface area contributed by atoms with E-state index in [0.29, 0.717) is 5.56 Å². The number of carbonyl (C=O) groups is 2. The fourth-order valence-corrected chi connectivity index (χ4v) is 2.39. The van der Waals surface area contributed by atoms with Gasteiger partial charge >= 0.3 is 5.97 Å². The van der Waals surface area contributed by atoms with Crippen LogP contribution in [0.25, 0.3) is 0 Å². The lowest BCUT2D eigenvalue weighted by Gasteiger charge is -2.27. The molecule has 0 aromatic carbocycles. The van der Waals surface area contributed by atoms with Crippen molar-refractivity contribution >= 4 is 11.9 Å². The summed E-state index contributed by atoms with van der Waals surface area (Å²) in [6.45, 7) is 3.45. The second kappa shape index (κ2) is 5.25. The summed E-state index contributed by atoms with van der Waals surface area (Å²) in [5.74, 6) is -0.975. The fourth-order valence-electron chi connectivity index (χ4n) is 2.39. The predicted molar refractivity (Wildman–Crippen MR) is 66.6 cm³/mol. The maximum Gasteiger partial charge on any atom is 0.352 e. The number of nitrogens with zero attached hydrogens (tertiary/aromatic N) is 2. The molecule has 2 rings (SSSR count). The highest BCUT2D eigenvalue weighted by Crippen LogP contribution is 2.13. The van der Waals surface area contributed by atoms with Crippen molar-refractivity contribution in [3.63, 3.8) is 0 Å². The minimum atomic E-state index is -0.982. The summed E-state index contributed by atoms with van der Waals surface area (Å²) in [5, 5.41) is 9.11. The van der Waals surface area contributed by atoms with E-state index in [-0.39, 0.29) is 18.1 Å². The number of aromatic carboxylic acids is 1. The highest BCUT2D eigenvalue weighted by molar-refractivity contribution is 5.88. The molecule has 0 bridgehead atoms. The second-order valence-corrected chi connectivity index (χ2v) is 4.72. The Balaban J connectivity index is 2.09. The van der Waals surface area contributed by atoms with Gasteiger partial charge in [0.1, 0.15) is 12.2 Å². The van der Waals surface area contributed by atoms with E-state index in [4.69, 9.17) is 5.11 Å². The molecule has 1 N–H and O–H groups in total. The molecule has 1 aliphatic rings. The predicted octanol–water partition coefficient (Wildman–Crippen LogP) is 1.51. The molecule has 98 valence electrons. The van der Waals surface area contributed by atoms with Gasteiger partial charge in [-0.05, 0) is 37.8 Å². The standard InChI is InChI=1S/C13H18N2O3/c1-10-5-8-15(12(10)13(17)18)9-11(16)14-6-3-2-4-7-14/h5,8H,2-4,6-7,9H2,1H3,(H,17,18). The van der Waals surface area contributed by atoms with Crippen LogP contribution in [0.3, 0.4) is 0 Å². The molecule has 1 aromatic rings. The molecule has 1 aromatic heterocycles. The van der Waals surface area contributed by atoms with Crippen LogP contribution in [0.1, 0.15) is 35.3 Å². The molecule has 5 nitrogen and oxygen atoms in total. The lowest BCUT2D eigenvalue weighted by molar-refractivity contribution is -0.132. The quantitative estimate of drug-likeness (QED) is 0.884. The largest absolute Gasteiger partial charge is 0.477 e. The number of aryl methyl sites for hydroxylation is 1. The van der Waals surface area contributed by atoms with Gasteiger partial charge in [-0.3, -0.25) is 4.79 Å². The van der Waals surface area contributed by atoms with Crippen LogP contribution in [0.4, 0.5) is 0 Å². The molecule has 1 fully saturated rings. The van der Waals surface area contributed by atoms with Crippen molar-refractivity contribution in [2.24, 2.45) is 0 Å². The Bertz CT molecular complexity index is 459. The van der Waals surface area contributed by atoms with Crippen LogP contribution in [-0.4, -0.2) is 39.5 Å². The molecule has 2 heterocycles. The molecular weight excluding hydrogens is 232 g/mol. The van der Waals surface area contributed by atoms with Crippen LogP contribution in [0, 0.1) is 6.92 Å². The Labute approximate surface area is 106 Å². The van der Waals surface area contributed by atoms with Crippen LogP contribution in [0.5, 0.6) is 0 Å². The van der Waals surface area contributed by atoms with E-state index < -0.39 is 5.97 Å². The van der Waals surface area contributed by atoms with E-state index in [1.54, 1.807) is 19.2 Å². The van der Waals surface area contributed by atoms with Crippen LogP contribution < -0.4 is 0 Å². The lowest BCUT2D eigenvalue weighted by Crippen LogP contribution is -2.38. The Morgan fingerprint density at radius 3 is 2.56 bits per heavy atom. The Morgan fingerprint density at radius 2 is 1.94 bits per heavy atom. The Kier molecular flexibility index (Phi) is 3.69. The van der Waals surface area contributed by atoms with Gasteiger partial charge in [-0.25, -0.2) is 4.79 Å². The lowest BCUT2D eigenvalue weighted by atomic mass is 10.1. The van der Waals surface area contributed by atoms with Gasteiger partial charge in [0.05, 0.1) is 0 Å². The second-order valence-electron chi connectivity index (χ2n) is 4.72. The van der Waals surface area contributed by atoms with Crippen molar-refractivity contribution in [3.8, 4) is 0 Å². The molecule has 5 heteroatoms. The Hall–Kier alpha value is -1.78. The summed E-state index contributed by atoms with van der Waals surface area (Å²) in [7, 11) is 0. The number of carboxylic acids is 1. The molecule has 0 unspecified atom stereocenters. The minimum Gasteiger partial charge on any atom is -0.477 e. The molecule has 1 aliphatic heterocycles. The first-order valence-electron chi connectivity index (χ1n) is 6.26. The van der Waals surface area contributed by atoms with E-state index >= 15 is 0 Å². The maximum absolute atomic E-state index is 12.1. The molecule has 0 aliphatic carbocycles. The maximum atomic E-state index is 12.1. The highest BCUT2D eigenvalue weighted by atomic mass is 16.4. The van der Waals surface area contributed by atoms with Gasteiger partial charge in [-0.15, -0.1) is 0 Å². The molecule has 18 heavy (non-hydrogen) atoms. The van der Waals surface area contributed by atoms with Gasteiger partial charge in [0.2, 0.25) is 5.91 Å². The van der Waals surface area contributed by atoms with Crippen LogP contribution in [0.2, 0.25) is 0 Å². The fraction of sp³-hybridized carbons (Fsp3) is 0.538. The first-order chi connectivity index (χ1) is 8.59. The summed E-state index contributed by atoms with van der Waals surface area (Å²) in [6, 6.07) is 1.73. The third-order valence-corrected chi connectivity index (χ3v) is 3.38. The number of likely N-dealkylation sites (tertiary alicyclic amines) is 1. The first kappa shape index (κ1) is 12.7. The molecule has 0 spiro atoms. The summed E-state index contributed by atoms with van der Waals surface area (Å²) >= 11 is 0. The van der Waals surface area contributed by atoms with Crippen LogP contribution in [-0.2, 0) is 11.3 Å². The number of hydrogen-bond donors (Lipinski definition) is 1. The SMILES string of the molecule is Cc1ccn(CC(=O)N2CCCCC2)c1C(=O)O. The Morgan fingerprint density at radius 1 is 1.28 bits per heavy atom. The van der Waals surface area contributed by atoms with Crippen LogP contribution in [0.15, 0.2) is 12.3 Å². The number of carboxylic acid groups (broad SMARTS) is 1.